The predicted molar refractivity (Wildman–Crippen MR) is 62.2 cm³/mol. The summed E-state index contributed by atoms with van der Waals surface area (Å²) in [7, 11) is -3.09. The fourth-order valence-electron chi connectivity index (χ4n) is 1.40. The number of hydrogen-bond donors (Lipinski definition) is 1. The molecule has 0 fully saturated rings. The van der Waals surface area contributed by atoms with Gasteiger partial charge in [0.15, 0.2) is 0 Å². The summed E-state index contributed by atoms with van der Waals surface area (Å²) < 4.78 is 25.2. The standard InChI is InChI=1S/C11H17NO2S/c1-3-15(13,14)12-10(2)9-11-7-5-4-6-8-11/h4-8,10,12H,3,9H2,1-2H3. The van der Waals surface area contributed by atoms with E-state index in [-0.39, 0.29) is 11.8 Å². The van der Waals surface area contributed by atoms with Gasteiger partial charge in [0.1, 0.15) is 0 Å². The number of benzene rings is 1. The average Bonchev–Trinajstić information content (AvgIpc) is 2.18. The van der Waals surface area contributed by atoms with Crippen molar-refractivity contribution < 1.29 is 8.42 Å². The molecule has 0 saturated heterocycles. The third-order valence-electron chi connectivity index (χ3n) is 2.15. The molecule has 0 bridgehead atoms. The Morgan fingerprint density at radius 2 is 1.87 bits per heavy atom. The molecule has 1 aromatic carbocycles. The van der Waals surface area contributed by atoms with Gasteiger partial charge in [-0.15, -0.1) is 0 Å². The Balaban J connectivity index is 2.54. The molecule has 0 saturated carbocycles. The van der Waals surface area contributed by atoms with Crippen LogP contribution in [0.1, 0.15) is 19.4 Å². The van der Waals surface area contributed by atoms with Crippen LogP contribution in [0.15, 0.2) is 30.3 Å². The zero-order valence-corrected chi connectivity index (χ0v) is 9.92. The third kappa shape index (κ3) is 4.44. The van der Waals surface area contributed by atoms with Crippen LogP contribution in [0.2, 0.25) is 0 Å². The monoisotopic (exact) mass is 227 g/mol. The quantitative estimate of drug-likeness (QED) is 0.829. The average molecular weight is 227 g/mol. The van der Waals surface area contributed by atoms with Gasteiger partial charge in [0.25, 0.3) is 0 Å². The van der Waals surface area contributed by atoms with Crippen LogP contribution in [-0.2, 0) is 16.4 Å². The van der Waals surface area contributed by atoms with Gasteiger partial charge in [0.2, 0.25) is 10.0 Å². The molecule has 0 amide bonds. The van der Waals surface area contributed by atoms with Gasteiger partial charge in [-0.1, -0.05) is 30.3 Å². The molecule has 0 aliphatic carbocycles. The molecule has 3 nitrogen and oxygen atoms in total. The molecule has 4 heteroatoms. The van der Waals surface area contributed by atoms with Crippen LogP contribution in [0.25, 0.3) is 0 Å². The highest BCUT2D eigenvalue weighted by molar-refractivity contribution is 7.89. The van der Waals surface area contributed by atoms with E-state index in [1.165, 1.54) is 0 Å². The summed E-state index contributed by atoms with van der Waals surface area (Å²) in [6.45, 7) is 3.51. The van der Waals surface area contributed by atoms with Gasteiger partial charge < -0.3 is 0 Å². The molecule has 1 unspecified atom stereocenters. The first-order valence-electron chi connectivity index (χ1n) is 5.07. The van der Waals surface area contributed by atoms with Crippen LogP contribution in [0.5, 0.6) is 0 Å². The van der Waals surface area contributed by atoms with Crippen molar-refractivity contribution in [3.8, 4) is 0 Å². The van der Waals surface area contributed by atoms with Crippen molar-refractivity contribution in [2.24, 2.45) is 0 Å². The molecular formula is C11H17NO2S. The summed E-state index contributed by atoms with van der Waals surface area (Å²) >= 11 is 0. The minimum atomic E-state index is -3.09. The Morgan fingerprint density at radius 1 is 1.27 bits per heavy atom. The van der Waals surface area contributed by atoms with Crippen molar-refractivity contribution in [3.63, 3.8) is 0 Å². The van der Waals surface area contributed by atoms with Gasteiger partial charge in [-0.2, -0.15) is 0 Å². The number of hydrogen-bond acceptors (Lipinski definition) is 2. The fraction of sp³-hybridized carbons (Fsp3) is 0.455. The van der Waals surface area contributed by atoms with Crippen molar-refractivity contribution >= 4 is 10.0 Å². The summed E-state index contributed by atoms with van der Waals surface area (Å²) in [6.07, 6.45) is 0.722. The molecule has 84 valence electrons. The summed E-state index contributed by atoms with van der Waals surface area (Å²) in [5, 5.41) is 0. The molecule has 0 heterocycles. The third-order valence-corrected chi connectivity index (χ3v) is 3.67. The Bertz CT molecular complexity index is 386. The number of sulfonamides is 1. The predicted octanol–water partition coefficient (Wildman–Crippen LogP) is 1.56. The zero-order chi connectivity index (χ0) is 11.3. The molecular weight excluding hydrogens is 210 g/mol. The molecule has 1 aromatic rings. The van der Waals surface area contributed by atoms with Gasteiger partial charge >= 0.3 is 0 Å². The highest BCUT2D eigenvalue weighted by atomic mass is 32.2. The van der Waals surface area contributed by atoms with Crippen LogP contribution >= 0.6 is 0 Å². The summed E-state index contributed by atoms with van der Waals surface area (Å²) in [5.41, 5.74) is 1.14. The lowest BCUT2D eigenvalue weighted by molar-refractivity contribution is 0.561. The first kappa shape index (κ1) is 12.2. The van der Waals surface area contributed by atoms with Crippen LogP contribution < -0.4 is 4.72 Å². The van der Waals surface area contributed by atoms with Crippen LogP contribution in [0.4, 0.5) is 0 Å². The maximum absolute atomic E-state index is 11.3. The van der Waals surface area contributed by atoms with Gasteiger partial charge in [-0.25, -0.2) is 13.1 Å². The maximum Gasteiger partial charge on any atom is 0.211 e. The van der Waals surface area contributed by atoms with E-state index in [0.29, 0.717) is 0 Å². The second kappa shape index (κ2) is 5.28. The van der Waals surface area contributed by atoms with E-state index in [0.717, 1.165) is 12.0 Å². The molecule has 0 radical (unpaired) electrons. The maximum atomic E-state index is 11.3. The van der Waals surface area contributed by atoms with E-state index >= 15 is 0 Å². The van der Waals surface area contributed by atoms with E-state index < -0.39 is 10.0 Å². The van der Waals surface area contributed by atoms with Crippen molar-refractivity contribution in [1.82, 2.24) is 4.72 Å². The Morgan fingerprint density at radius 3 is 2.40 bits per heavy atom. The summed E-state index contributed by atoms with van der Waals surface area (Å²) in [4.78, 5) is 0. The van der Waals surface area contributed by atoms with Crippen LogP contribution in [0.3, 0.4) is 0 Å². The molecule has 0 aromatic heterocycles. The lowest BCUT2D eigenvalue weighted by atomic mass is 10.1. The molecule has 1 atom stereocenters. The normalized spacial score (nSPS) is 13.7. The van der Waals surface area contributed by atoms with Crippen molar-refractivity contribution in [3.05, 3.63) is 35.9 Å². The van der Waals surface area contributed by atoms with Crippen LogP contribution in [0, 0.1) is 0 Å². The highest BCUT2D eigenvalue weighted by Gasteiger charge is 2.11. The second-order valence-corrected chi connectivity index (χ2v) is 5.65. The largest absolute Gasteiger partial charge is 0.212 e. The lowest BCUT2D eigenvalue weighted by Crippen LogP contribution is -2.35. The molecule has 1 rings (SSSR count). The topological polar surface area (TPSA) is 46.2 Å². The van der Waals surface area contributed by atoms with Gasteiger partial charge in [0, 0.05) is 6.04 Å². The lowest BCUT2D eigenvalue weighted by Gasteiger charge is -2.13. The first-order chi connectivity index (χ1) is 7.03. The van der Waals surface area contributed by atoms with Gasteiger partial charge in [0.05, 0.1) is 5.75 Å². The smallest absolute Gasteiger partial charge is 0.211 e. The molecule has 0 spiro atoms. The first-order valence-corrected chi connectivity index (χ1v) is 6.72. The van der Waals surface area contributed by atoms with E-state index in [1.54, 1.807) is 6.92 Å². The van der Waals surface area contributed by atoms with E-state index in [2.05, 4.69) is 4.72 Å². The zero-order valence-electron chi connectivity index (χ0n) is 9.10. The minimum absolute atomic E-state index is 0.0580. The Kier molecular flexibility index (Phi) is 4.29. The fourth-order valence-corrected chi connectivity index (χ4v) is 2.26. The highest BCUT2D eigenvalue weighted by Crippen LogP contribution is 2.03. The molecule has 0 aliphatic heterocycles. The Hall–Kier alpha value is -0.870. The molecule has 1 N–H and O–H groups in total. The van der Waals surface area contributed by atoms with Crippen LogP contribution in [-0.4, -0.2) is 20.2 Å². The van der Waals surface area contributed by atoms with Crippen molar-refractivity contribution in [1.29, 1.82) is 0 Å². The Labute approximate surface area is 91.6 Å². The molecule has 15 heavy (non-hydrogen) atoms. The van der Waals surface area contributed by atoms with Gasteiger partial charge in [-0.05, 0) is 25.8 Å². The molecule has 0 aliphatic rings. The summed E-state index contributed by atoms with van der Waals surface area (Å²) in [5.74, 6) is 0.131. The van der Waals surface area contributed by atoms with Crippen molar-refractivity contribution in [2.75, 3.05) is 5.75 Å². The van der Waals surface area contributed by atoms with Gasteiger partial charge in [-0.3, -0.25) is 0 Å². The van der Waals surface area contributed by atoms with E-state index in [9.17, 15) is 8.42 Å². The van der Waals surface area contributed by atoms with E-state index in [4.69, 9.17) is 0 Å². The SMILES string of the molecule is CCS(=O)(=O)NC(C)Cc1ccccc1. The minimum Gasteiger partial charge on any atom is -0.212 e. The number of rotatable bonds is 5. The van der Waals surface area contributed by atoms with E-state index in [1.807, 2.05) is 37.3 Å². The summed E-state index contributed by atoms with van der Waals surface area (Å²) in [6, 6.07) is 9.79. The number of nitrogens with one attached hydrogen (secondary N) is 1. The van der Waals surface area contributed by atoms with Crippen molar-refractivity contribution in [2.45, 2.75) is 26.3 Å². The second-order valence-electron chi connectivity index (χ2n) is 3.61.